The Bertz CT molecular complexity index is 511. The molecule has 1 amide bonds. The van der Waals surface area contributed by atoms with Gasteiger partial charge in [0.15, 0.2) is 0 Å². The monoisotopic (exact) mass is 233 g/mol. The number of amides is 1. The van der Waals surface area contributed by atoms with E-state index in [-0.39, 0.29) is 18.0 Å². The number of rotatable bonds is 4. The summed E-state index contributed by atoms with van der Waals surface area (Å²) in [5, 5.41) is 11.4. The van der Waals surface area contributed by atoms with Crippen LogP contribution in [0.3, 0.4) is 0 Å². The van der Waals surface area contributed by atoms with Crippen LogP contribution in [0.2, 0.25) is 0 Å². The molecular weight excluding hydrogens is 218 g/mol. The number of nitrogens with one attached hydrogen (secondary N) is 1. The summed E-state index contributed by atoms with van der Waals surface area (Å²) in [5.41, 5.74) is 0.304. The molecule has 90 valence electrons. The molecule has 0 aliphatic carbocycles. The molecular formula is C12H15N3O2. The van der Waals surface area contributed by atoms with Gasteiger partial charge in [0, 0.05) is 12.2 Å². The maximum absolute atomic E-state index is 11.8. The smallest absolute Gasteiger partial charge is 0.269 e. The summed E-state index contributed by atoms with van der Waals surface area (Å²) < 4.78 is 1.31. The van der Waals surface area contributed by atoms with Crippen molar-refractivity contribution in [2.24, 2.45) is 0 Å². The Labute approximate surface area is 99.7 Å². The molecule has 0 radical (unpaired) electrons. The fourth-order valence-electron chi connectivity index (χ4n) is 1.42. The van der Waals surface area contributed by atoms with Crippen molar-refractivity contribution in [3.63, 3.8) is 0 Å². The van der Waals surface area contributed by atoms with Gasteiger partial charge in [0.2, 0.25) is 5.91 Å². The van der Waals surface area contributed by atoms with Crippen LogP contribution in [0.15, 0.2) is 16.9 Å². The summed E-state index contributed by atoms with van der Waals surface area (Å²) in [6.45, 7) is 4.23. The SMILES string of the molecule is CCCNC(=O)Cn1c(C)ccc(C#N)c1=O. The molecule has 17 heavy (non-hydrogen) atoms. The van der Waals surface area contributed by atoms with Gasteiger partial charge in [-0.25, -0.2) is 0 Å². The molecule has 0 saturated heterocycles. The van der Waals surface area contributed by atoms with E-state index in [1.807, 2.05) is 13.0 Å². The molecule has 5 nitrogen and oxygen atoms in total. The lowest BCUT2D eigenvalue weighted by Gasteiger charge is -2.09. The number of hydrogen-bond acceptors (Lipinski definition) is 3. The van der Waals surface area contributed by atoms with Gasteiger partial charge < -0.3 is 9.88 Å². The van der Waals surface area contributed by atoms with Crippen molar-refractivity contribution >= 4 is 5.91 Å². The standard InChI is InChI=1S/C12H15N3O2/c1-3-6-14-11(16)8-15-9(2)4-5-10(7-13)12(15)17/h4-5H,3,6,8H2,1-2H3,(H,14,16). The second-order valence-electron chi connectivity index (χ2n) is 3.74. The van der Waals surface area contributed by atoms with Gasteiger partial charge in [-0.2, -0.15) is 5.26 Å². The Balaban J connectivity index is 2.95. The molecule has 1 aromatic rings. The molecule has 0 atom stereocenters. The minimum absolute atomic E-state index is 0.0415. The highest BCUT2D eigenvalue weighted by atomic mass is 16.2. The van der Waals surface area contributed by atoms with Crippen molar-refractivity contribution in [3.8, 4) is 6.07 Å². The average Bonchev–Trinajstić information content (AvgIpc) is 2.32. The Morgan fingerprint density at radius 2 is 2.24 bits per heavy atom. The zero-order valence-electron chi connectivity index (χ0n) is 9.99. The second kappa shape index (κ2) is 5.85. The number of nitriles is 1. The second-order valence-corrected chi connectivity index (χ2v) is 3.74. The minimum Gasteiger partial charge on any atom is -0.355 e. The summed E-state index contributed by atoms with van der Waals surface area (Å²) in [5.74, 6) is -0.216. The van der Waals surface area contributed by atoms with Crippen molar-refractivity contribution in [2.45, 2.75) is 26.8 Å². The van der Waals surface area contributed by atoms with Gasteiger partial charge in [-0.1, -0.05) is 6.92 Å². The van der Waals surface area contributed by atoms with E-state index in [0.29, 0.717) is 12.2 Å². The molecule has 0 saturated carbocycles. The average molecular weight is 233 g/mol. The molecule has 5 heteroatoms. The van der Waals surface area contributed by atoms with Crippen molar-refractivity contribution in [2.75, 3.05) is 6.54 Å². The number of carbonyl (C=O) groups excluding carboxylic acids is 1. The van der Waals surface area contributed by atoms with Gasteiger partial charge >= 0.3 is 0 Å². The summed E-state index contributed by atoms with van der Waals surface area (Å²) in [4.78, 5) is 23.3. The lowest BCUT2D eigenvalue weighted by atomic mass is 10.2. The van der Waals surface area contributed by atoms with Crippen LogP contribution in [0, 0.1) is 18.3 Å². The fourth-order valence-corrected chi connectivity index (χ4v) is 1.42. The van der Waals surface area contributed by atoms with E-state index in [0.717, 1.165) is 6.42 Å². The highest BCUT2D eigenvalue weighted by Crippen LogP contribution is 1.97. The Morgan fingerprint density at radius 3 is 2.82 bits per heavy atom. The van der Waals surface area contributed by atoms with Gasteiger partial charge in [-0.3, -0.25) is 9.59 Å². The Hall–Kier alpha value is -2.09. The van der Waals surface area contributed by atoms with Crippen LogP contribution in [0.4, 0.5) is 0 Å². The van der Waals surface area contributed by atoms with Gasteiger partial charge in [-0.15, -0.1) is 0 Å². The zero-order valence-corrected chi connectivity index (χ0v) is 9.99. The number of carbonyl (C=O) groups is 1. The quantitative estimate of drug-likeness (QED) is 0.825. The summed E-state index contributed by atoms with van der Waals surface area (Å²) in [6.07, 6.45) is 0.845. The third-order valence-electron chi connectivity index (χ3n) is 2.39. The van der Waals surface area contributed by atoms with Gasteiger partial charge in [0.1, 0.15) is 18.2 Å². The van der Waals surface area contributed by atoms with E-state index >= 15 is 0 Å². The lowest BCUT2D eigenvalue weighted by molar-refractivity contribution is -0.121. The highest BCUT2D eigenvalue weighted by Gasteiger charge is 2.09. The normalized spacial score (nSPS) is 9.71. The van der Waals surface area contributed by atoms with Crippen LogP contribution in [0.1, 0.15) is 24.6 Å². The molecule has 0 aromatic carbocycles. The number of pyridine rings is 1. The number of aromatic nitrogens is 1. The first kappa shape index (κ1) is 13.0. The van der Waals surface area contributed by atoms with E-state index in [2.05, 4.69) is 5.32 Å². The van der Waals surface area contributed by atoms with Crippen molar-refractivity contribution < 1.29 is 4.79 Å². The predicted octanol–water partition coefficient (Wildman–Crippen LogP) is 0.555. The molecule has 1 aromatic heterocycles. The van der Waals surface area contributed by atoms with Crippen molar-refractivity contribution in [1.29, 1.82) is 5.26 Å². The largest absolute Gasteiger partial charge is 0.355 e. The number of nitrogens with zero attached hydrogens (tertiary/aromatic N) is 2. The minimum atomic E-state index is -0.417. The maximum atomic E-state index is 11.8. The fraction of sp³-hybridized carbons (Fsp3) is 0.417. The van der Waals surface area contributed by atoms with Crippen LogP contribution < -0.4 is 10.9 Å². The molecule has 0 aliphatic heterocycles. The van der Waals surface area contributed by atoms with Gasteiger partial charge in [0.05, 0.1) is 0 Å². The Morgan fingerprint density at radius 1 is 1.53 bits per heavy atom. The first-order valence-corrected chi connectivity index (χ1v) is 5.47. The molecule has 1 N–H and O–H groups in total. The molecule has 0 unspecified atom stereocenters. The zero-order chi connectivity index (χ0) is 12.8. The third kappa shape index (κ3) is 3.18. The van der Waals surface area contributed by atoms with Crippen LogP contribution in [-0.4, -0.2) is 17.0 Å². The van der Waals surface area contributed by atoms with Gasteiger partial charge in [-0.05, 0) is 25.5 Å². The van der Waals surface area contributed by atoms with Crippen LogP contribution >= 0.6 is 0 Å². The molecule has 1 rings (SSSR count). The van der Waals surface area contributed by atoms with Crippen molar-refractivity contribution in [1.82, 2.24) is 9.88 Å². The molecule has 0 fully saturated rings. The number of hydrogen-bond donors (Lipinski definition) is 1. The highest BCUT2D eigenvalue weighted by molar-refractivity contribution is 5.75. The molecule has 0 aliphatic rings. The lowest BCUT2D eigenvalue weighted by Crippen LogP contribution is -2.34. The van der Waals surface area contributed by atoms with E-state index in [1.165, 1.54) is 10.6 Å². The topological polar surface area (TPSA) is 74.9 Å². The maximum Gasteiger partial charge on any atom is 0.269 e. The summed E-state index contributed by atoms with van der Waals surface area (Å²) in [7, 11) is 0. The van der Waals surface area contributed by atoms with Crippen molar-refractivity contribution in [3.05, 3.63) is 33.7 Å². The summed E-state index contributed by atoms with van der Waals surface area (Å²) >= 11 is 0. The van der Waals surface area contributed by atoms with Crippen LogP contribution in [0.5, 0.6) is 0 Å². The summed E-state index contributed by atoms with van der Waals surface area (Å²) in [6, 6.07) is 4.94. The Kier molecular flexibility index (Phi) is 4.46. The van der Waals surface area contributed by atoms with Crippen LogP contribution in [-0.2, 0) is 11.3 Å². The van der Waals surface area contributed by atoms with Crippen LogP contribution in [0.25, 0.3) is 0 Å². The first-order chi connectivity index (χ1) is 8.10. The number of aryl methyl sites for hydroxylation is 1. The van der Waals surface area contributed by atoms with E-state index < -0.39 is 5.56 Å². The molecule has 0 bridgehead atoms. The van der Waals surface area contributed by atoms with E-state index in [9.17, 15) is 9.59 Å². The molecule has 1 heterocycles. The van der Waals surface area contributed by atoms with E-state index in [1.54, 1.807) is 13.0 Å². The van der Waals surface area contributed by atoms with E-state index in [4.69, 9.17) is 5.26 Å². The predicted molar refractivity (Wildman–Crippen MR) is 63.5 cm³/mol. The third-order valence-corrected chi connectivity index (χ3v) is 2.39. The first-order valence-electron chi connectivity index (χ1n) is 5.47. The van der Waals surface area contributed by atoms with Gasteiger partial charge in [0.25, 0.3) is 5.56 Å². The molecule has 0 spiro atoms.